The maximum atomic E-state index is 4.74. The summed E-state index contributed by atoms with van der Waals surface area (Å²) in [5.41, 5.74) is 5.23. The Bertz CT molecular complexity index is 907. The van der Waals surface area contributed by atoms with Gasteiger partial charge >= 0.3 is 0 Å². The summed E-state index contributed by atoms with van der Waals surface area (Å²) in [6.07, 6.45) is 4.82. The van der Waals surface area contributed by atoms with Crippen LogP contribution in [-0.4, -0.2) is 28.6 Å². The molecular formula is C24H31N5. The zero-order chi connectivity index (χ0) is 20.5. The number of hydrogen-bond donors (Lipinski definition) is 2. The average molecular weight is 390 g/mol. The first-order chi connectivity index (χ1) is 14.1. The fraction of sp³-hybridized carbons (Fsp3) is 0.333. The molecule has 0 bridgehead atoms. The van der Waals surface area contributed by atoms with Crippen LogP contribution >= 0.6 is 0 Å². The Morgan fingerprint density at radius 2 is 1.76 bits per heavy atom. The van der Waals surface area contributed by atoms with Crippen molar-refractivity contribution < 1.29 is 0 Å². The van der Waals surface area contributed by atoms with Crippen molar-refractivity contribution in [2.24, 2.45) is 4.99 Å². The van der Waals surface area contributed by atoms with Crippen LogP contribution in [0.15, 0.2) is 65.9 Å². The minimum atomic E-state index is 0.540. The van der Waals surface area contributed by atoms with E-state index in [1.165, 1.54) is 22.3 Å². The highest BCUT2D eigenvalue weighted by molar-refractivity contribution is 5.79. The molecule has 0 spiro atoms. The summed E-state index contributed by atoms with van der Waals surface area (Å²) < 4.78 is 2.15. The number of aromatic nitrogens is 2. The summed E-state index contributed by atoms with van der Waals surface area (Å²) in [6, 6.07) is 17.1. The van der Waals surface area contributed by atoms with Gasteiger partial charge in [-0.1, -0.05) is 59.7 Å². The van der Waals surface area contributed by atoms with Gasteiger partial charge in [0.05, 0.1) is 0 Å². The fourth-order valence-electron chi connectivity index (χ4n) is 3.45. The van der Waals surface area contributed by atoms with Gasteiger partial charge < -0.3 is 15.2 Å². The van der Waals surface area contributed by atoms with E-state index in [1.807, 2.05) is 18.5 Å². The zero-order valence-corrected chi connectivity index (χ0v) is 17.7. The lowest BCUT2D eigenvalue weighted by Crippen LogP contribution is -2.38. The van der Waals surface area contributed by atoms with Crippen LogP contribution < -0.4 is 10.6 Å². The standard InChI is InChI=1S/C24H31N5/c1-4-25-24(27-11-10-22-15-19(2)14-20(3)16-22)28-17-23-26-12-13-29(23)18-21-8-6-5-7-9-21/h5-9,12-16H,4,10-11,17-18H2,1-3H3,(H2,25,27,28). The van der Waals surface area contributed by atoms with E-state index in [2.05, 4.69) is 83.4 Å². The molecule has 0 amide bonds. The van der Waals surface area contributed by atoms with Gasteiger partial charge in [-0.25, -0.2) is 9.98 Å². The topological polar surface area (TPSA) is 54.2 Å². The molecule has 0 saturated carbocycles. The Hall–Kier alpha value is -3.08. The maximum Gasteiger partial charge on any atom is 0.191 e. The monoisotopic (exact) mass is 389 g/mol. The number of imidazole rings is 1. The first-order valence-electron chi connectivity index (χ1n) is 10.3. The Balaban J connectivity index is 1.59. The molecule has 3 rings (SSSR count). The van der Waals surface area contributed by atoms with Crippen LogP contribution in [0.25, 0.3) is 0 Å². The van der Waals surface area contributed by atoms with Crippen molar-refractivity contribution in [3.05, 3.63) is 89.0 Å². The summed E-state index contributed by atoms with van der Waals surface area (Å²) in [5, 5.41) is 6.77. The molecule has 1 aromatic heterocycles. The third kappa shape index (κ3) is 6.49. The number of guanidine groups is 1. The van der Waals surface area contributed by atoms with Crippen LogP contribution in [0, 0.1) is 13.8 Å². The van der Waals surface area contributed by atoms with Gasteiger partial charge in [-0.15, -0.1) is 0 Å². The lowest BCUT2D eigenvalue weighted by molar-refractivity contribution is 0.716. The first-order valence-corrected chi connectivity index (χ1v) is 10.3. The molecule has 0 aliphatic carbocycles. The molecule has 2 aromatic carbocycles. The van der Waals surface area contributed by atoms with Crippen molar-refractivity contribution >= 4 is 5.96 Å². The molecule has 0 atom stereocenters. The molecule has 0 unspecified atom stereocenters. The number of benzene rings is 2. The summed E-state index contributed by atoms with van der Waals surface area (Å²) in [7, 11) is 0. The van der Waals surface area contributed by atoms with Crippen molar-refractivity contribution in [3.8, 4) is 0 Å². The van der Waals surface area contributed by atoms with Crippen LogP contribution in [0.4, 0.5) is 0 Å². The van der Waals surface area contributed by atoms with Crippen molar-refractivity contribution in [1.82, 2.24) is 20.2 Å². The Labute approximate surface area is 173 Å². The largest absolute Gasteiger partial charge is 0.357 e. The number of aryl methyl sites for hydroxylation is 2. The van der Waals surface area contributed by atoms with Gasteiger partial charge in [-0.05, 0) is 38.3 Å². The number of aliphatic imine (C=N–C) groups is 1. The molecule has 29 heavy (non-hydrogen) atoms. The van der Waals surface area contributed by atoms with Crippen LogP contribution in [0.5, 0.6) is 0 Å². The summed E-state index contributed by atoms with van der Waals surface area (Å²) in [4.78, 5) is 9.23. The van der Waals surface area contributed by atoms with Gasteiger partial charge in [0.2, 0.25) is 0 Å². The summed E-state index contributed by atoms with van der Waals surface area (Å²) >= 11 is 0. The molecule has 3 aromatic rings. The molecule has 5 nitrogen and oxygen atoms in total. The number of nitrogens with one attached hydrogen (secondary N) is 2. The summed E-state index contributed by atoms with van der Waals surface area (Å²) in [5.74, 6) is 1.78. The number of rotatable bonds is 8. The average Bonchev–Trinajstić information content (AvgIpc) is 3.13. The summed E-state index contributed by atoms with van der Waals surface area (Å²) in [6.45, 7) is 9.39. The van der Waals surface area contributed by atoms with E-state index in [0.29, 0.717) is 6.54 Å². The van der Waals surface area contributed by atoms with Crippen molar-refractivity contribution in [3.63, 3.8) is 0 Å². The third-order valence-electron chi connectivity index (χ3n) is 4.71. The maximum absolute atomic E-state index is 4.74. The third-order valence-corrected chi connectivity index (χ3v) is 4.71. The van der Waals surface area contributed by atoms with E-state index >= 15 is 0 Å². The molecule has 152 valence electrons. The van der Waals surface area contributed by atoms with Crippen molar-refractivity contribution in [2.45, 2.75) is 40.3 Å². The van der Waals surface area contributed by atoms with Gasteiger partial charge in [-0.2, -0.15) is 0 Å². The molecule has 0 radical (unpaired) electrons. The van der Waals surface area contributed by atoms with E-state index in [9.17, 15) is 0 Å². The van der Waals surface area contributed by atoms with Crippen LogP contribution in [-0.2, 0) is 19.5 Å². The minimum Gasteiger partial charge on any atom is -0.357 e. The molecule has 2 N–H and O–H groups in total. The lowest BCUT2D eigenvalue weighted by atomic mass is 10.1. The Morgan fingerprint density at radius 3 is 2.48 bits per heavy atom. The minimum absolute atomic E-state index is 0.540. The molecule has 0 fully saturated rings. The lowest BCUT2D eigenvalue weighted by Gasteiger charge is -2.12. The predicted octanol–water partition coefficient (Wildman–Crippen LogP) is 3.85. The second-order valence-corrected chi connectivity index (χ2v) is 7.32. The fourth-order valence-corrected chi connectivity index (χ4v) is 3.45. The highest BCUT2D eigenvalue weighted by Crippen LogP contribution is 2.09. The van der Waals surface area contributed by atoms with Gasteiger partial charge in [0.25, 0.3) is 0 Å². The second kappa shape index (κ2) is 10.5. The molecule has 0 aliphatic rings. The van der Waals surface area contributed by atoms with Gasteiger partial charge in [-0.3, -0.25) is 0 Å². The second-order valence-electron chi connectivity index (χ2n) is 7.32. The SMILES string of the molecule is CCNC(=NCc1nccn1Cc1ccccc1)NCCc1cc(C)cc(C)c1. The Kier molecular flexibility index (Phi) is 7.45. The quantitative estimate of drug-likeness (QED) is 0.455. The van der Waals surface area contributed by atoms with Crippen LogP contribution in [0.1, 0.15) is 35.0 Å². The van der Waals surface area contributed by atoms with Crippen LogP contribution in [0.2, 0.25) is 0 Å². The van der Waals surface area contributed by atoms with Gasteiger partial charge in [0.15, 0.2) is 5.96 Å². The number of hydrogen-bond acceptors (Lipinski definition) is 2. The van der Waals surface area contributed by atoms with Crippen LogP contribution in [0.3, 0.4) is 0 Å². The Morgan fingerprint density at radius 1 is 1.00 bits per heavy atom. The van der Waals surface area contributed by atoms with E-state index in [0.717, 1.165) is 37.8 Å². The van der Waals surface area contributed by atoms with Crippen molar-refractivity contribution in [1.29, 1.82) is 0 Å². The smallest absolute Gasteiger partial charge is 0.191 e. The molecule has 1 heterocycles. The van der Waals surface area contributed by atoms with Crippen molar-refractivity contribution in [2.75, 3.05) is 13.1 Å². The molecule has 5 heteroatoms. The molecule has 0 aliphatic heterocycles. The van der Waals surface area contributed by atoms with Gasteiger partial charge in [0.1, 0.15) is 12.4 Å². The highest BCUT2D eigenvalue weighted by atomic mass is 15.2. The van der Waals surface area contributed by atoms with E-state index in [4.69, 9.17) is 4.99 Å². The zero-order valence-electron chi connectivity index (χ0n) is 17.7. The first kappa shape index (κ1) is 20.6. The highest BCUT2D eigenvalue weighted by Gasteiger charge is 2.05. The van der Waals surface area contributed by atoms with E-state index in [1.54, 1.807) is 0 Å². The normalized spacial score (nSPS) is 11.5. The molecular weight excluding hydrogens is 358 g/mol. The predicted molar refractivity (Wildman–Crippen MR) is 120 cm³/mol. The van der Waals surface area contributed by atoms with E-state index < -0.39 is 0 Å². The van der Waals surface area contributed by atoms with E-state index in [-0.39, 0.29) is 0 Å². The van der Waals surface area contributed by atoms with Gasteiger partial charge in [0, 0.05) is 32.0 Å². The number of nitrogens with zero attached hydrogens (tertiary/aromatic N) is 3. The molecule has 0 saturated heterocycles.